The standard InChI is InChI=1S/C27H38N2O2/c1-4-5-6-7-12-23(27(30)28-24-16-18-29(19-17-24)21(2)3)20-31-26-15-10-13-22-11-8-9-14-25(22)26/h8-15,21,24H,4-7,16-20H2,1-3H3,(H,28,30)/b23-12+. The first kappa shape index (κ1) is 23.3. The van der Waals surface area contributed by atoms with Crippen molar-refractivity contribution in [3.8, 4) is 5.75 Å². The Balaban J connectivity index is 1.64. The Bertz CT molecular complexity index is 861. The Kier molecular flexibility index (Phi) is 8.96. The van der Waals surface area contributed by atoms with Gasteiger partial charge in [0.25, 0.3) is 5.91 Å². The summed E-state index contributed by atoms with van der Waals surface area (Å²) in [5, 5.41) is 5.51. The van der Waals surface area contributed by atoms with Crippen LogP contribution in [0, 0.1) is 0 Å². The average Bonchev–Trinajstić information content (AvgIpc) is 2.79. The zero-order chi connectivity index (χ0) is 22.1. The zero-order valence-corrected chi connectivity index (χ0v) is 19.4. The minimum Gasteiger partial charge on any atom is -0.488 e. The highest BCUT2D eigenvalue weighted by Crippen LogP contribution is 2.25. The fraction of sp³-hybridized carbons (Fsp3) is 0.519. The maximum Gasteiger partial charge on any atom is 0.250 e. The highest BCUT2D eigenvalue weighted by molar-refractivity contribution is 5.94. The molecule has 0 aromatic heterocycles. The van der Waals surface area contributed by atoms with Crippen LogP contribution in [0.1, 0.15) is 59.3 Å². The van der Waals surface area contributed by atoms with Gasteiger partial charge in [-0.15, -0.1) is 0 Å². The van der Waals surface area contributed by atoms with Gasteiger partial charge in [0.15, 0.2) is 0 Å². The first-order valence-corrected chi connectivity index (χ1v) is 11.9. The molecule has 0 saturated carbocycles. The second-order valence-corrected chi connectivity index (χ2v) is 8.87. The van der Waals surface area contributed by atoms with E-state index in [1.807, 2.05) is 24.3 Å². The fourth-order valence-corrected chi connectivity index (χ4v) is 4.20. The quantitative estimate of drug-likeness (QED) is 0.394. The van der Waals surface area contributed by atoms with Crippen molar-refractivity contribution in [2.75, 3.05) is 19.7 Å². The number of piperidine rings is 1. The molecule has 1 aliphatic rings. The number of rotatable bonds is 10. The zero-order valence-electron chi connectivity index (χ0n) is 19.4. The number of hydrogen-bond donors (Lipinski definition) is 1. The maximum absolute atomic E-state index is 13.1. The molecule has 2 aromatic carbocycles. The van der Waals surface area contributed by atoms with Crippen LogP contribution in [0.2, 0.25) is 0 Å². The number of nitrogens with zero attached hydrogens (tertiary/aromatic N) is 1. The second-order valence-electron chi connectivity index (χ2n) is 8.87. The molecule has 4 nitrogen and oxygen atoms in total. The van der Waals surface area contributed by atoms with Crippen molar-refractivity contribution in [2.24, 2.45) is 0 Å². The molecule has 0 unspecified atom stereocenters. The van der Waals surface area contributed by atoms with Crippen LogP contribution in [-0.2, 0) is 4.79 Å². The molecule has 2 aromatic rings. The van der Waals surface area contributed by atoms with Gasteiger partial charge < -0.3 is 15.0 Å². The highest BCUT2D eigenvalue weighted by Gasteiger charge is 2.23. The largest absolute Gasteiger partial charge is 0.488 e. The van der Waals surface area contributed by atoms with E-state index in [0.717, 1.165) is 60.9 Å². The van der Waals surface area contributed by atoms with E-state index in [2.05, 4.69) is 55.3 Å². The third-order valence-corrected chi connectivity index (χ3v) is 6.22. The molecule has 1 fully saturated rings. The van der Waals surface area contributed by atoms with Crippen molar-refractivity contribution in [1.29, 1.82) is 0 Å². The molecule has 1 amide bonds. The summed E-state index contributed by atoms with van der Waals surface area (Å²) in [5.74, 6) is 0.857. The van der Waals surface area contributed by atoms with Gasteiger partial charge >= 0.3 is 0 Å². The Morgan fingerprint density at radius 2 is 1.87 bits per heavy atom. The number of unbranched alkanes of at least 4 members (excludes halogenated alkanes) is 3. The average molecular weight is 423 g/mol. The Morgan fingerprint density at radius 1 is 1.13 bits per heavy atom. The van der Waals surface area contributed by atoms with Crippen molar-refractivity contribution in [3.63, 3.8) is 0 Å². The predicted octanol–water partition coefficient (Wildman–Crippen LogP) is 5.71. The molecule has 0 radical (unpaired) electrons. The van der Waals surface area contributed by atoms with Crippen LogP contribution in [0.5, 0.6) is 5.75 Å². The van der Waals surface area contributed by atoms with E-state index >= 15 is 0 Å². The molecule has 1 heterocycles. The lowest BCUT2D eigenvalue weighted by Crippen LogP contribution is -2.47. The first-order valence-electron chi connectivity index (χ1n) is 11.9. The van der Waals surface area contributed by atoms with E-state index in [-0.39, 0.29) is 11.9 Å². The van der Waals surface area contributed by atoms with Crippen molar-refractivity contribution in [2.45, 2.75) is 71.4 Å². The van der Waals surface area contributed by atoms with Gasteiger partial charge in [-0.05, 0) is 51.0 Å². The summed E-state index contributed by atoms with van der Waals surface area (Å²) in [7, 11) is 0. The Labute approximate surface area is 187 Å². The summed E-state index contributed by atoms with van der Waals surface area (Å²) >= 11 is 0. The number of carbonyl (C=O) groups excluding carboxylic acids is 1. The molecule has 31 heavy (non-hydrogen) atoms. The lowest BCUT2D eigenvalue weighted by Gasteiger charge is -2.35. The smallest absolute Gasteiger partial charge is 0.250 e. The van der Waals surface area contributed by atoms with Gasteiger partial charge in [-0.3, -0.25) is 4.79 Å². The van der Waals surface area contributed by atoms with Crippen LogP contribution < -0.4 is 10.1 Å². The van der Waals surface area contributed by atoms with Crippen molar-refractivity contribution in [3.05, 3.63) is 54.1 Å². The molecule has 3 rings (SSSR count). The van der Waals surface area contributed by atoms with Crippen LogP contribution in [0.25, 0.3) is 10.8 Å². The van der Waals surface area contributed by atoms with Gasteiger partial charge in [-0.1, -0.05) is 62.2 Å². The number of amides is 1. The summed E-state index contributed by atoms with van der Waals surface area (Å²) in [6.45, 7) is 9.07. The summed E-state index contributed by atoms with van der Waals surface area (Å²) in [6.07, 6.45) is 8.49. The Morgan fingerprint density at radius 3 is 2.61 bits per heavy atom. The summed E-state index contributed by atoms with van der Waals surface area (Å²) in [4.78, 5) is 15.6. The predicted molar refractivity (Wildman–Crippen MR) is 130 cm³/mol. The minimum atomic E-state index is 0.0275. The van der Waals surface area contributed by atoms with E-state index < -0.39 is 0 Å². The number of ether oxygens (including phenoxy) is 1. The van der Waals surface area contributed by atoms with Gasteiger partial charge in [-0.2, -0.15) is 0 Å². The van der Waals surface area contributed by atoms with Crippen LogP contribution >= 0.6 is 0 Å². The topological polar surface area (TPSA) is 41.6 Å². The molecule has 0 bridgehead atoms. The molecule has 1 saturated heterocycles. The lowest BCUT2D eigenvalue weighted by atomic mass is 10.0. The van der Waals surface area contributed by atoms with E-state index in [0.29, 0.717) is 12.6 Å². The van der Waals surface area contributed by atoms with Crippen LogP contribution in [-0.4, -0.2) is 42.6 Å². The molecule has 168 valence electrons. The van der Waals surface area contributed by atoms with Crippen molar-refractivity contribution >= 4 is 16.7 Å². The first-order chi connectivity index (χ1) is 15.1. The van der Waals surface area contributed by atoms with Crippen LogP contribution in [0.4, 0.5) is 0 Å². The van der Waals surface area contributed by atoms with Crippen LogP contribution in [0.3, 0.4) is 0 Å². The summed E-state index contributed by atoms with van der Waals surface area (Å²) in [6, 6.07) is 15.1. The monoisotopic (exact) mass is 422 g/mol. The second kappa shape index (κ2) is 11.9. The van der Waals surface area contributed by atoms with Crippen LogP contribution in [0.15, 0.2) is 54.1 Å². The molecule has 0 atom stereocenters. The van der Waals surface area contributed by atoms with Crippen molar-refractivity contribution < 1.29 is 9.53 Å². The number of likely N-dealkylation sites (tertiary alicyclic amines) is 1. The van der Waals surface area contributed by atoms with E-state index in [9.17, 15) is 4.79 Å². The number of carbonyl (C=O) groups is 1. The van der Waals surface area contributed by atoms with Crippen molar-refractivity contribution in [1.82, 2.24) is 10.2 Å². The number of nitrogens with one attached hydrogen (secondary N) is 1. The SMILES string of the molecule is CCCCC/C=C(\COc1cccc2ccccc12)C(=O)NC1CCN(C(C)C)CC1. The van der Waals surface area contributed by atoms with Gasteiger partial charge in [0.2, 0.25) is 0 Å². The maximum atomic E-state index is 13.1. The van der Waals surface area contributed by atoms with E-state index in [1.165, 1.54) is 12.8 Å². The minimum absolute atomic E-state index is 0.0275. The van der Waals surface area contributed by atoms with Gasteiger partial charge in [0, 0.05) is 30.6 Å². The lowest BCUT2D eigenvalue weighted by molar-refractivity contribution is -0.118. The number of hydrogen-bond acceptors (Lipinski definition) is 3. The number of benzene rings is 2. The number of allylic oxidation sites excluding steroid dienone is 1. The Hall–Kier alpha value is -2.33. The normalized spacial score (nSPS) is 16.1. The fourth-order valence-electron chi connectivity index (χ4n) is 4.20. The molecule has 1 aliphatic heterocycles. The van der Waals surface area contributed by atoms with Gasteiger partial charge in [0.05, 0.1) is 5.57 Å². The van der Waals surface area contributed by atoms with Gasteiger partial charge in [0.1, 0.15) is 12.4 Å². The van der Waals surface area contributed by atoms with E-state index in [1.54, 1.807) is 0 Å². The number of fused-ring (bicyclic) bond motifs is 1. The molecule has 4 heteroatoms. The van der Waals surface area contributed by atoms with E-state index in [4.69, 9.17) is 4.74 Å². The third kappa shape index (κ3) is 6.83. The molecule has 0 aliphatic carbocycles. The molecule has 1 N–H and O–H groups in total. The van der Waals surface area contributed by atoms with Gasteiger partial charge in [-0.25, -0.2) is 0 Å². The summed E-state index contributed by atoms with van der Waals surface area (Å²) in [5.41, 5.74) is 0.746. The molecular formula is C27H38N2O2. The molecule has 0 spiro atoms. The molecular weight excluding hydrogens is 384 g/mol. The highest BCUT2D eigenvalue weighted by atomic mass is 16.5. The summed E-state index contributed by atoms with van der Waals surface area (Å²) < 4.78 is 6.16. The third-order valence-electron chi connectivity index (χ3n) is 6.22.